The summed E-state index contributed by atoms with van der Waals surface area (Å²) in [6.45, 7) is 5.54. The fourth-order valence-electron chi connectivity index (χ4n) is 3.91. The number of nitrogens with one attached hydrogen (secondary N) is 1. The molecule has 136 valence electrons. The number of nitrogens with zero attached hydrogens (tertiary/aromatic N) is 3. The average molecular weight is 352 g/mol. The van der Waals surface area contributed by atoms with Crippen LogP contribution < -0.4 is 0 Å². The Morgan fingerprint density at radius 3 is 2.77 bits per heavy atom. The van der Waals surface area contributed by atoms with E-state index in [9.17, 15) is 9.59 Å². The Balaban J connectivity index is 1.47. The SMILES string of the molecule is Cc1ccc(CN2CCN(C(=O)c3n[nH]c4c3CCC4)C(C)C2=O)cc1. The molecule has 0 radical (unpaired) electrons. The molecular formula is C20H24N4O2. The maximum absolute atomic E-state index is 13.0. The third-order valence-electron chi connectivity index (χ3n) is 5.51. The first kappa shape index (κ1) is 16.8. The molecule has 2 aromatic rings. The fourth-order valence-corrected chi connectivity index (χ4v) is 3.91. The van der Waals surface area contributed by atoms with Crippen LogP contribution in [0.3, 0.4) is 0 Å². The zero-order valence-electron chi connectivity index (χ0n) is 15.3. The monoisotopic (exact) mass is 352 g/mol. The third-order valence-corrected chi connectivity index (χ3v) is 5.51. The number of hydrogen-bond acceptors (Lipinski definition) is 3. The van der Waals surface area contributed by atoms with Gasteiger partial charge in [-0.05, 0) is 38.7 Å². The molecule has 0 spiro atoms. The lowest BCUT2D eigenvalue weighted by Gasteiger charge is -2.39. The van der Waals surface area contributed by atoms with Crippen LogP contribution in [0.25, 0.3) is 0 Å². The van der Waals surface area contributed by atoms with Gasteiger partial charge in [-0.25, -0.2) is 0 Å². The summed E-state index contributed by atoms with van der Waals surface area (Å²) in [5.74, 6) is -0.127. The minimum atomic E-state index is -0.463. The van der Waals surface area contributed by atoms with Crippen molar-refractivity contribution in [1.82, 2.24) is 20.0 Å². The van der Waals surface area contributed by atoms with Crippen molar-refractivity contribution in [3.63, 3.8) is 0 Å². The number of hydrogen-bond donors (Lipinski definition) is 1. The molecule has 6 nitrogen and oxygen atoms in total. The molecule has 1 fully saturated rings. The standard InChI is InChI=1S/C20H24N4O2/c1-13-6-8-15(9-7-13)12-23-10-11-24(14(2)19(23)25)20(26)18-16-4-3-5-17(16)21-22-18/h6-9,14H,3-5,10-12H2,1-2H3,(H,21,22). The molecule has 2 aliphatic rings. The van der Waals surface area contributed by atoms with Crippen LogP contribution >= 0.6 is 0 Å². The van der Waals surface area contributed by atoms with Crippen LogP contribution in [0.5, 0.6) is 0 Å². The number of rotatable bonds is 3. The van der Waals surface area contributed by atoms with Crippen LogP contribution in [0.2, 0.25) is 0 Å². The van der Waals surface area contributed by atoms with E-state index in [-0.39, 0.29) is 11.8 Å². The molecule has 1 aromatic heterocycles. The molecule has 1 unspecified atom stereocenters. The van der Waals surface area contributed by atoms with Crippen molar-refractivity contribution >= 4 is 11.8 Å². The molecule has 1 aromatic carbocycles. The first-order chi connectivity index (χ1) is 12.5. The van der Waals surface area contributed by atoms with E-state index in [1.54, 1.807) is 4.90 Å². The molecule has 1 aliphatic carbocycles. The largest absolute Gasteiger partial charge is 0.335 e. The number of piperazine rings is 1. The first-order valence-corrected chi connectivity index (χ1v) is 9.26. The van der Waals surface area contributed by atoms with Gasteiger partial charge in [0.05, 0.1) is 0 Å². The van der Waals surface area contributed by atoms with Crippen molar-refractivity contribution in [2.75, 3.05) is 13.1 Å². The van der Waals surface area contributed by atoms with E-state index in [0.717, 1.165) is 36.1 Å². The van der Waals surface area contributed by atoms with Crippen molar-refractivity contribution in [2.45, 2.75) is 45.7 Å². The molecule has 2 heterocycles. The molecule has 1 atom stereocenters. The van der Waals surface area contributed by atoms with E-state index < -0.39 is 6.04 Å². The van der Waals surface area contributed by atoms with Crippen molar-refractivity contribution in [3.8, 4) is 0 Å². The van der Waals surface area contributed by atoms with Gasteiger partial charge in [0.25, 0.3) is 5.91 Å². The Bertz CT molecular complexity index is 840. The predicted octanol–water partition coefficient (Wildman–Crippen LogP) is 2.08. The Hall–Kier alpha value is -2.63. The Kier molecular flexibility index (Phi) is 4.26. The lowest BCUT2D eigenvalue weighted by molar-refractivity contribution is -0.140. The molecule has 1 N–H and O–H groups in total. The second-order valence-electron chi connectivity index (χ2n) is 7.30. The van der Waals surface area contributed by atoms with E-state index in [1.807, 2.05) is 18.7 Å². The van der Waals surface area contributed by atoms with Gasteiger partial charge < -0.3 is 9.80 Å². The summed E-state index contributed by atoms with van der Waals surface area (Å²) in [6.07, 6.45) is 2.90. The van der Waals surface area contributed by atoms with Gasteiger partial charge in [-0.3, -0.25) is 14.7 Å². The van der Waals surface area contributed by atoms with E-state index >= 15 is 0 Å². The van der Waals surface area contributed by atoms with E-state index in [2.05, 4.69) is 34.5 Å². The van der Waals surface area contributed by atoms with Gasteiger partial charge in [0.15, 0.2) is 5.69 Å². The van der Waals surface area contributed by atoms with E-state index in [0.29, 0.717) is 25.3 Å². The third kappa shape index (κ3) is 2.89. The quantitative estimate of drug-likeness (QED) is 0.919. The lowest BCUT2D eigenvalue weighted by Crippen LogP contribution is -2.57. The highest BCUT2D eigenvalue weighted by Crippen LogP contribution is 2.25. The maximum atomic E-state index is 13.0. The molecule has 6 heteroatoms. The highest BCUT2D eigenvalue weighted by Gasteiger charge is 2.37. The van der Waals surface area contributed by atoms with E-state index in [1.165, 1.54) is 5.56 Å². The average Bonchev–Trinajstić information content (AvgIpc) is 3.24. The van der Waals surface area contributed by atoms with Gasteiger partial charge in [-0.15, -0.1) is 0 Å². The molecule has 0 bridgehead atoms. The Morgan fingerprint density at radius 2 is 2.00 bits per heavy atom. The second-order valence-corrected chi connectivity index (χ2v) is 7.30. The highest BCUT2D eigenvalue weighted by molar-refractivity contribution is 5.98. The summed E-state index contributed by atoms with van der Waals surface area (Å²) in [6, 6.07) is 7.76. The summed E-state index contributed by atoms with van der Waals surface area (Å²) < 4.78 is 0. The number of aromatic amines is 1. The molecule has 1 aliphatic heterocycles. The van der Waals surface area contributed by atoms with Gasteiger partial charge >= 0.3 is 0 Å². The number of fused-ring (bicyclic) bond motifs is 1. The van der Waals surface area contributed by atoms with E-state index in [4.69, 9.17) is 0 Å². The van der Waals surface area contributed by atoms with Crippen molar-refractivity contribution < 1.29 is 9.59 Å². The first-order valence-electron chi connectivity index (χ1n) is 9.26. The maximum Gasteiger partial charge on any atom is 0.275 e. The van der Waals surface area contributed by atoms with Gasteiger partial charge in [0.2, 0.25) is 5.91 Å². The number of carbonyl (C=O) groups is 2. The zero-order chi connectivity index (χ0) is 18.3. The Labute approximate surface area is 153 Å². The van der Waals surface area contributed by atoms with Gasteiger partial charge in [-0.2, -0.15) is 5.10 Å². The summed E-state index contributed by atoms with van der Waals surface area (Å²) in [4.78, 5) is 29.3. The smallest absolute Gasteiger partial charge is 0.275 e. The van der Waals surface area contributed by atoms with Crippen molar-refractivity contribution in [1.29, 1.82) is 0 Å². The van der Waals surface area contributed by atoms with Crippen LogP contribution in [0.1, 0.15) is 46.2 Å². The minimum absolute atomic E-state index is 0.00245. The van der Waals surface area contributed by atoms with Crippen LogP contribution in [0.15, 0.2) is 24.3 Å². The number of benzene rings is 1. The highest BCUT2D eigenvalue weighted by atomic mass is 16.2. The van der Waals surface area contributed by atoms with Crippen LogP contribution in [-0.4, -0.2) is 50.9 Å². The van der Waals surface area contributed by atoms with Crippen LogP contribution in [0.4, 0.5) is 0 Å². The van der Waals surface area contributed by atoms with Gasteiger partial charge in [0, 0.05) is 30.9 Å². The normalized spacial score (nSPS) is 19.8. The molecule has 26 heavy (non-hydrogen) atoms. The summed E-state index contributed by atoms with van der Waals surface area (Å²) in [5, 5.41) is 7.21. The minimum Gasteiger partial charge on any atom is -0.335 e. The molecule has 4 rings (SSSR count). The van der Waals surface area contributed by atoms with Crippen LogP contribution in [-0.2, 0) is 24.2 Å². The number of amides is 2. The van der Waals surface area contributed by atoms with Crippen molar-refractivity contribution in [2.24, 2.45) is 0 Å². The predicted molar refractivity (Wildman–Crippen MR) is 97.7 cm³/mol. The summed E-state index contributed by atoms with van der Waals surface area (Å²) in [5.41, 5.74) is 4.93. The molecular weight excluding hydrogens is 328 g/mol. The van der Waals surface area contributed by atoms with Crippen molar-refractivity contribution in [3.05, 3.63) is 52.3 Å². The zero-order valence-corrected chi connectivity index (χ0v) is 15.3. The number of carbonyl (C=O) groups excluding carboxylic acids is 2. The topological polar surface area (TPSA) is 69.3 Å². The number of aryl methyl sites for hydroxylation is 2. The number of H-pyrrole nitrogens is 1. The molecule has 1 saturated heterocycles. The molecule has 2 amide bonds. The van der Waals surface area contributed by atoms with Crippen LogP contribution in [0, 0.1) is 6.92 Å². The lowest BCUT2D eigenvalue weighted by atomic mass is 10.1. The second kappa shape index (κ2) is 6.59. The molecule has 0 saturated carbocycles. The van der Waals surface area contributed by atoms with Gasteiger partial charge in [0.1, 0.15) is 6.04 Å². The Morgan fingerprint density at radius 1 is 1.23 bits per heavy atom. The summed E-state index contributed by atoms with van der Waals surface area (Å²) >= 11 is 0. The van der Waals surface area contributed by atoms with Gasteiger partial charge in [-0.1, -0.05) is 29.8 Å². The summed E-state index contributed by atoms with van der Waals surface area (Å²) in [7, 11) is 0. The number of aromatic nitrogens is 2. The fraction of sp³-hybridized carbons (Fsp3) is 0.450.